The minimum absolute atomic E-state index is 0.000612. The van der Waals surface area contributed by atoms with E-state index in [0.717, 1.165) is 25.7 Å². The molecular formula is C14H21N3O2. The van der Waals surface area contributed by atoms with Gasteiger partial charge in [0.25, 0.3) is 5.91 Å². The molecule has 1 aliphatic heterocycles. The molecule has 1 saturated heterocycles. The third-order valence-electron chi connectivity index (χ3n) is 3.65. The van der Waals surface area contributed by atoms with Crippen LogP contribution in [-0.4, -0.2) is 35.1 Å². The van der Waals surface area contributed by atoms with Gasteiger partial charge >= 0.3 is 0 Å². The number of aliphatic hydroxyl groups is 1. The molecule has 0 spiro atoms. The van der Waals surface area contributed by atoms with Gasteiger partial charge in [-0.25, -0.2) is 0 Å². The number of anilines is 2. The number of hydrogen-bond acceptors (Lipinski definition) is 4. The Labute approximate surface area is 113 Å². The van der Waals surface area contributed by atoms with E-state index in [1.54, 1.807) is 23.1 Å². The summed E-state index contributed by atoms with van der Waals surface area (Å²) in [6, 6.07) is 4.83. The average molecular weight is 263 g/mol. The molecular weight excluding hydrogens is 242 g/mol. The number of nitrogens with zero attached hydrogens (tertiary/aromatic N) is 1. The maximum Gasteiger partial charge on any atom is 0.256 e. The molecule has 1 unspecified atom stereocenters. The Balaban J connectivity index is 2.25. The number of hydrogen-bond donors (Lipinski definition) is 3. The number of likely N-dealkylation sites (tertiary alicyclic amines) is 1. The highest BCUT2D eigenvalue weighted by Gasteiger charge is 2.26. The van der Waals surface area contributed by atoms with Crippen LogP contribution in [0.5, 0.6) is 0 Å². The van der Waals surface area contributed by atoms with Crippen LogP contribution in [0.15, 0.2) is 18.2 Å². The summed E-state index contributed by atoms with van der Waals surface area (Å²) < 4.78 is 0. The summed E-state index contributed by atoms with van der Waals surface area (Å²) in [5, 5.41) is 9.45. The van der Waals surface area contributed by atoms with E-state index >= 15 is 0 Å². The van der Waals surface area contributed by atoms with Crippen LogP contribution >= 0.6 is 0 Å². The molecule has 1 amide bonds. The summed E-state index contributed by atoms with van der Waals surface area (Å²) in [4.78, 5) is 14.3. The van der Waals surface area contributed by atoms with Gasteiger partial charge in [0.05, 0.1) is 18.2 Å². The number of nitrogen functional groups attached to an aromatic ring is 2. The van der Waals surface area contributed by atoms with Crippen LogP contribution in [0.1, 0.15) is 36.0 Å². The van der Waals surface area contributed by atoms with Crippen molar-refractivity contribution in [3.63, 3.8) is 0 Å². The van der Waals surface area contributed by atoms with Gasteiger partial charge in [-0.3, -0.25) is 4.79 Å². The lowest BCUT2D eigenvalue weighted by atomic mass is 10.1. The number of benzene rings is 1. The van der Waals surface area contributed by atoms with Gasteiger partial charge in [-0.15, -0.1) is 0 Å². The van der Waals surface area contributed by atoms with Gasteiger partial charge < -0.3 is 21.5 Å². The highest BCUT2D eigenvalue weighted by molar-refractivity contribution is 5.99. The van der Waals surface area contributed by atoms with Crippen LogP contribution in [-0.2, 0) is 0 Å². The van der Waals surface area contributed by atoms with E-state index in [1.807, 2.05) is 0 Å². The third kappa shape index (κ3) is 2.98. The summed E-state index contributed by atoms with van der Waals surface area (Å²) in [5.74, 6) is -0.113. The molecule has 5 heteroatoms. The van der Waals surface area contributed by atoms with E-state index in [1.165, 1.54) is 0 Å². The SMILES string of the molecule is Nc1ccc(C(=O)N2CCCCCC2CO)c(N)c1. The first kappa shape index (κ1) is 13.7. The number of nitrogens with two attached hydrogens (primary N) is 2. The summed E-state index contributed by atoms with van der Waals surface area (Å²) in [6.07, 6.45) is 3.96. The molecule has 19 heavy (non-hydrogen) atoms. The van der Waals surface area contributed by atoms with Gasteiger partial charge in [0.2, 0.25) is 0 Å². The molecule has 5 N–H and O–H groups in total. The minimum Gasteiger partial charge on any atom is -0.399 e. The smallest absolute Gasteiger partial charge is 0.256 e. The van der Waals surface area contributed by atoms with Crippen molar-refractivity contribution in [2.75, 3.05) is 24.6 Å². The van der Waals surface area contributed by atoms with Gasteiger partial charge in [-0.1, -0.05) is 12.8 Å². The zero-order valence-corrected chi connectivity index (χ0v) is 11.0. The predicted molar refractivity (Wildman–Crippen MR) is 75.6 cm³/mol. The summed E-state index contributed by atoms with van der Waals surface area (Å²) in [5.41, 5.74) is 12.9. The van der Waals surface area contributed by atoms with Gasteiger partial charge in [0.1, 0.15) is 0 Å². The van der Waals surface area contributed by atoms with Crippen LogP contribution < -0.4 is 11.5 Å². The third-order valence-corrected chi connectivity index (χ3v) is 3.65. The molecule has 0 bridgehead atoms. The van der Waals surface area contributed by atoms with Gasteiger partial charge in [0, 0.05) is 17.9 Å². The number of aliphatic hydroxyl groups excluding tert-OH is 1. The Morgan fingerprint density at radius 1 is 1.32 bits per heavy atom. The number of carbonyl (C=O) groups is 1. The number of amides is 1. The van der Waals surface area contributed by atoms with Crippen molar-refractivity contribution in [2.24, 2.45) is 0 Å². The minimum atomic E-state index is -0.113. The quantitative estimate of drug-likeness (QED) is 0.700. The molecule has 1 aromatic carbocycles. The van der Waals surface area contributed by atoms with E-state index < -0.39 is 0 Å². The van der Waals surface area contributed by atoms with Gasteiger partial charge in [-0.05, 0) is 31.0 Å². The topological polar surface area (TPSA) is 92.6 Å². The first-order chi connectivity index (χ1) is 9.13. The standard InChI is InChI=1S/C14H21N3O2/c15-10-5-6-12(13(16)8-10)14(19)17-7-3-1-2-4-11(17)9-18/h5-6,8,11,18H,1-4,7,9,15-16H2. The predicted octanol–water partition coefficient (Wildman–Crippen LogP) is 1.23. The molecule has 1 heterocycles. The van der Waals surface area contributed by atoms with Crippen LogP contribution in [0, 0.1) is 0 Å². The normalized spacial score (nSPS) is 20.1. The van der Waals surface area contributed by atoms with Crippen LogP contribution in [0.3, 0.4) is 0 Å². The zero-order chi connectivity index (χ0) is 13.8. The molecule has 1 aliphatic rings. The van der Waals surface area contributed by atoms with E-state index in [-0.39, 0.29) is 18.6 Å². The maximum absolute atomic E-state index is 12.5. The molecule has 0 radical (unpaired) electrons. The van der Waals surface area contributed by atoms with E-state index in [9.17, 15) is 9.90 Å². The Hall–Kier alpha value is -1.75. The van der Waals surface area contributed by atoms with Crippen molar-refractivity contribution in [3.05, 3.63) is 23.8 Å². The van der Waals surface area contributed by atoms with Crippen molar-refractivity contribution in [3.8, 4) is 0 Å². The monoisotopic (exact) mass is 263 g/mol. The molecule has 0 aliphatic carbocycles. The van der Waals surface area contributed by atoms with Crippen molar-refractivity contribution >= 4 is 17.3 Å². The summed E-state index contributed by atoms with van der Waals surface area (Å²) in [6.45, 7) is 0.675. The largest absolute Gasteiger partial charge is 0.399 e. The first-order valence-corrected chi connectivity index (χ1v) is 6.70. The Bertz CT molecular complexity index is 462. The van der Waals surface area contributed by atoms with Crippen molar-refractivity contribution in [1.29, 1.82) is 0 Å². The van der Waals surface area contributed by atoms with Crippen LogP contribution in [0.25, 0.3) is 0 Å². The molecule has 2 rings (SSSR count). The lowest BCUT2D eigenvalue weighted by Gasteiger charge is -2.29. The maximum atomic E-state index is 12.5. The molecule has 5 nitrogen and oxygen atoms in total. The second-order valence-electron chi connectivity index (χ2n) is 5.03. The van der Waals surface area contributed by atoms with Gasteiger partial charge in [0.15, 0.2) is 0 Å². The lowest BCUT2D eigenvalue weighted by molar-refractivity contribution is 0.0601. The molecule has 104 valence electrons. The van der Waals surface area contributed by atoms with E-state index in [2.05, 4.69) is 0 Å². The van der Waals surface area contributed by atoms with Crippen molar-refractivity contribution in [1.82, 2.24) is 4.90 Å². The summed E-state index contributed by atoms with van der Waals surface area (Å²) in [7, 11) is 0. The first-order valence-electron chi connectivity index (χ1n) is 6.70. The molecule has 0 aromatic heterocycles. The molecule has 0 saturated carbocycles. The summed E-state index contributed by atoms with van der Waals surface area (Å²) >= 11 is 0. The fourth-order valence-corrected chi connectivity index (χ4v) is 2.57. The Kier molecular flexibility index (Phi) is 4.27. The van der Waals surface area contributed by atoms with Crippen LogP contribution in [0.2, 0.25) is 0 Å². The van der Waals surface area contributed by atoms with Crippen molar-refractivity contribution in [2.45, 2.75) is 31.7 Å². The fourth-order valence-electron chi connectivity index (χ4n) is 2.57. The Morgan fingerprint density at radius 3 is 2.79 bits per heavy atom. The average Bonchev–Trinajstić information content (AvgIpc) is 2.63. The van der Waals surface area contributed by atoms with E-state index in [0.29, 0.717) is 23.5 Å². The van der Waals surface area contributed by atoms with Crippen LogP contribution in [0.4, 0.5) is 11.4 Å². The second kappa shape index (κ2) is 5.93. The lowest BCUT2D eigenvalue weighted by Crippen LogP contribution is -2.42. The molecule has 1 fully saturated rings. The molecule has 1 aromatic rings. The number of rotatable bonds is 2. The van der Waals surface area contributed by atoms with Crippen molar-refractivity contribution < 1.29 is 9.90 Å². The fraction of sp³-hybridized carbons (Fsp3) is 0.500. The van der Waals surface area contributed by atoms with E-state index in [4.69, 9.17) is 11.5 Å². The highest BCUT2D eigenvalue weighted by Crippen LogP contribution is 2.22. The Morgan fingerprint density at radius 2 is 2.11 bits per heavy atom. The molecule has 1 atom stereocenters. The zero-order valence-electron chi connectivity index (χ0n) is 11.0. The highest BCUT2D eigenvalue weighted by atomic mass is 16.3. The number of carbonyl (C=O) groups excluding carboxylic acids is 1. The van der Waals surface area contributed by atoms with Gasteiger partial charge in [-0.2, -0.15) is 0 Å². The second-order valence-corrected chi connectivity index (χ2v) is 5.03.